The first-order chi connectivity index (χ1) is 15.0. The summed E-state index contributed by atoms with van der Waals surface area (Å²) in [5, 5.41) is 11.4. The van der Waals surface area contributed by atoms with Gasteiger partial charge in [-0.15, -0.1) is 0 Å². The third-order valence-corrected chi connectivity index (χ3v) is 7.43. The van der Waals surface area contributed by atoms with Gasteiger partial charge in [0.1, 0.15) is 5.02 Å². The number of anilines is 3. The molecule has 1 aliphatic heterocycles. The van der Waals surface area contributed by atoms with E-state index >= 15 is 0 Å². The maximum atomic E-state index is 12.3. The number of hydrogen-bond acceptors (Lipinski definition) is 6. The van der Waals surface area contributed by atoms with Crippen LogP contribution in [-0.2, 0) is 11.8 Å². The molecule has 31 heavy (non-hydrogen) atoms. The lowest BCUT2D eigenvalue weighted by atomic mass is 9.67. The van der Waals surface area contributed by atoms with Crippen molar-refractivity contribution in [3.8, 4) is 0 Å². The fraction of sp³-hybridized carbons (Fsp3) is 0.636. The van der Waals surface area contributed by atoms with Crippen LogP contribution in [0.2, 0.25) is 5.02 Å². The molecule has 166 valence electrons. The summed E-state index contributed by atoms with van der Waals surface area (Å²) in [6.07, 6.45) is 14.3. The maximum Gasteiger partial charge on any atom is 0.229 e. The average Bonchev–Trinajstić information content (AvgIpc) is 3.55. The second kappa shape index (κ2) is 8.30. The summed E-state index contributed by atoms with van der Waals surface area (Å²) in [7, 11) is 1.87. The summed E-state index contributed by atoms with van der Waals surface area (Å²) in [5.41, 5.74) is 1.24. The average molecular weight is 444 g/mol. The second-order valence-electron chi connectivity index (χ2n) is 9.44. The monoisotopic (exact) mass is 443 g/mol. The quantitative estimate of drug-likeness (QED) is 0.726. The highest BCUT2D eigenvalue weighted by Gasteiger charge is 2.41. The number of aromatic nitrogens is 4. The number of carbonyl (C=O) groups excluding carboxylic acids is 1. The van der Waals surface area contributed by atoms with Crippen molar-refractivity contribution in [2.24, 2.45) is 18.4 Å². The predicted octanol–water partition coefficient (Wildman–Crippen LogP) is 3.98. The van der Waals surface area contributed by atoms with Gasteiger partial charge >= 0.3 is 0 Å². The molecular weight excluding hydrogens is 414 g/mol. The molecule has 2 saturated carbocycles. The minimum absolute atomic E-state index is 0.337. The van der Waals surface area contributed by atoms with E-state index in [1.165, 1.54) is 12.8 Å². The van der Waals surface area contributed by atoms with Crippen molar-refractivity contribution in [1.82, 2.24) is 24.6 Å². The van der Waals surface area contributed by atoms with Gasteiger partial charge in [-0.25, -0.2) is 4.98 Å². The zero-order chi connectivity index (χ0) is 21.4. The highest BCUT2D eigenvalue weighted by Crippen LogP contribution is 2.46. The summed E-state index contributed by atoms with van der Waals surface area (Å²) in [4.78, 5) is 23.3. The number of piperidine rings is 1. The molecule has 2 N–H and O–H groups in total. The normalized spacial score (nSPS) is 21.3. The van der Waals surface area contributed by atoms with Crippen molar-refractivity contribution in [2.75, 3.05) is 23.7 Å². The summed E-state index contributed by atoms with van der Waals surface area (Å²) in [6, 6.07) is 0.357. The van der Waals surface area contributed by atoms with E-state index in [2.05, 4.69) is 30.6 Å². The van der Waals surface area contributed by atoms with Gasteiger partial charge in [-0.2, -0.15) is 10.1 Å². The van der Waals surface area contributed by atoms with Crippen LogP contribution in [-0.4, -0.2) is 49.7 Å². The van der Waals surface area contributed by atoms with Crippen LogP contribution in [0.15, 0.2) is 18.6 Å². The van der Waals surface area contributed by atoms with Crippen LogP contribution in [0.25, 0.3) is 0 Å². The van der Waals surface area contributed by atoms with E-state index in [0.29, 0.717) is 40.1 Å². The van der Waals surface area contributed by atoms with Gasteiger partial charge in [0, 0.05) is 38.3 Å². The Morgan fingerprint density at radius 1 is 1.13 bits per heavy atom. The molecule has 0 unspecified atom stereocenters. The maximum absolute atomic E-state index is 12.3. The molecule has 1 spiro atoms. The Hall–Kier alpha value is -2.35. The number of likely N-dealkylation sites (tertiary alicyclic amines) is 1. The van der Waals surface area contributed by atoms with Crippen molar-refractivity contribution in [3.63, 3.8) is 0 Å². The van der Waals surface area contributed by atoms with Crippen LogP contribution >= 0.6 is 11.6 Å². The minimum atomic E-state index is 0.337. The number of aryl methyl sites for hydroxylation is 1. The van der Waals surface area contributed by atoms with E-state index in [4.69, 9.17) is 11.6 Å². The molecule has 1 amide bonds. The molecule has 8 nitrogen and oxygen atoms in total. The summed E-state index contributed by atoms with van der Waals surface area (Å²) >= 11 is 6.37. The summed E-state index contributed by atoms with van der Waals surface area (Å²) < 4.78 is 1.72. The third-order valence-electron chi connectivity index (χ3n) is 7.15. The first kappa shape index (κ1) is 20.5. The van der Waals surface area contributed by atoms with Crippen LogP contribution in [0.3, 0.4) is 0 Å². The second-order valence-corrected chi connectivity index (χ2v) is 9.84. The Bertz CT molecular complexity index is 939. The fourth-order valence-electron chi connectivity index (χ4n) is 5.00. The molecule has 0 radical (unpaired) electrons. The molecule has 5 rings (SSSR count). The zero-order valence-corrected chi connectivity index (χ0v) is 18.7. The van der Waals surface area contributed by atoms with Crippen molar-refractivity contribution in [1.29, 1.82) is 0 Å². The van der Waals surface area contributed by atoms with E-state index < -0.39 is 0 Å². The molecule has 0 bridgehead atoms. The van der Waals surface area contributed by atoms with E-state index in [0.717, 1.165) is 57.3 Å². The molecule has 3 fully saturated rings. The van der Waals surface area contributed by atoms with Gasteiger partial charge in [0.15, 0.2) is 5.82 Å². The van der Waals surface area contributed by atoms with E-state index in [1.54, 1.807) is 17.1 Å². The zero-order valence-electron chi connectivity index (χ0n) is 18.0. The van der Waals surface area contributed by atoms with Crippen LogP contribution in [0, 0.1) is 11.3 Å². The Balaban J connectivity index is 1.15. The van der Waals surface area contributed by atoms with Gasteiger partial charge in [-0.05, 0) is 56.8 Å². The number of hydrogen-bond donors (Lipinski definition) is 2. The van der Waals surface area contributed by atoms with Crippen molar-refractivity contribution >= 4 is 35.0 Å². The Kier molecular flexibility index (Phi) is 5.50. The highest BCUT2D eigenvalue weighted by atomic mass is 35.5. The van der Waals surface area contributed by atoms with Gasteiger partial charge in [-0.3, -0.25) is 9.48 Å². The van der Waals surface area contributed by atoms with Gasteiger partial charge in [0.2, 0.25) is 11.9 Å². The topological polar surface area (TPSA) is 88.0 Å². The van der Waals surface area contributed by atoms with Crippen LogP contribution in [0.4, 0.5) is 17.5 Å². The minimum Gasteiger partial charge on any atom is -0.366 e. The molecule has 0 aromatic carbocycles. The van der Waals surface area contributed by atoms with Gasteiger partial charge in [0.05, 0.1) is 18.1 Å². The highest BCUT2D eigenvalue weighted by molar-refractivity contribution is 6.32. The first-order valence-corrected chi connectivity index (χ1v) is 11.7. The number of carbonyl (C=O) groups is 1. The van der Waals surface area contributed by atoms with Crippen molar-refractivity contribution in [2.45, 2.75) is 57.4 Å². The number of nitrogens with one attached hydrogen (secondary N) is 2. The Morgan fingerprint density at radius 3 is 2.52 bits per heavy atom. The standard InChI is InChI=1S/C22H30ClN7O/c1-29-14-17(12-25-29)27-21-24-13-18(23)19(28-21)26-16-4-6-22(7-5-16)8-10-30(11-9-22)20(31)15-2-3-15/h12-16H,2-11H2,1H3,(H2,24,26,27,28). The number of halogens is 1. The van der Waals surface area contributed by atoms with Gasteiger partial charge < -0.3 is 15.5 Å². The molecule has 0 atom stereocenters. The Labute approximate surface area is 187 Å². The van der Waals surface area contributed by atoms with Gasteiger partial charge in [-0.1, -0.05) is 11.6 Å². The molecule has 9 heteroatoms. The third kappa shape index (κ3) is 4.63. The predicted molar refractivity (Wildman–Crippen MR) is 120 cm³/mol. The SMILES string of the molecule is Cn1cc(Nc2ncc(Cl)c(NC3CCC4(CC3)CCN(C(=O)C3CC3)CC4)n2)cn1. The van der Waals surface area contributed by atoms with Gasteiger partial charge in [0.25, 0.3) is 0 Å². The largest absolute Gasteiger partial charge is 0.366 e. The first-order valence-electron chi connectivity index (χ1n) is 11.3. The molecular formula is C22H30ClN7O. The van der Waals surface area contributed by atoms with E-state index in [1.807, 2.05) is 13.2 Å². The molecule has 2 aromatic rings. The molecule has 2 aliphatic carbocycles. The van der Waals surface area contributed by atoms with Crippen molar-refractivity contribution < 1.29 is 4.79 Å². The van der Waals surface area contributed by atoms with E-state index in [9.17, 15) is 4.79 Å². The molecule has 1 saturated heterocycles. The molecule has 3 heterocycles. The fourth-order valence-corrected chi connectivity index (χ4v) is 5.15. The molecule has 3 aliphatic rings. The number of nitrogens with zero attached hydrogens (tertiary/aromatic N) is 5. The Morgan fingerprint density at radius 2 is 1.87 bits per heavy atom. The summed E-state index contributed by atoms with van der Waals surface area (Å²) in [5.74, 6) is 1.91. The smallest absolute Gasteiger partial charge is 0.229 e. The lowest BCUT2D eigenvalue weighted by Crippen LogP contribution is -2.46. The number of rotatable bonds is 5. The lowest BCUT2D eigenvalue weighted by molar-refractivity contribution is -0.135. The van der Waals surface area contributed by atoms with E-state index in [-0.39, 0.29) is 0 Å². The number of amides is 1. The summed E-state index contributed by atoms with van der Waals surface area (Å²) in [6.45, 7) is 1.88. The van der Waals surface area contributed by atoms with Crippen molar-refractivity contribution in [3.05, 3.63) is 23.6 Å². The van der Waals surface area contributed by atoms with Crippen LogP contribution in [0.5, 0.6) is 0 Å². The lowest BCUT2D eigenvalue weighted by Gasteiger charge is -2.46. The molecule has 2 aromatic heterocycles. The van der Waals surface area contributed by atoms with Crippen LogP contribution in [0.1, 0.15) is 51.4 Å². The van der Waals surface area contributed by atoms with Crippen LogP contribution < -0.4 is 10.6 Å².